The number of nitrogens with one attached hydrogen (secondary N) is 1. The molecule has 1 aliphatic rings. The minimum Gasteiger partial charge on any atom is -0.493 e. The van der Waals surface area contributed by atoms with Crippen molar-refractivity contribution in [3.8, 4) is 11.5 Å². The Labute approximate surface area is 175 Å². The number of alkyl halides is 2. The van der Waals surface area contributed by atoms with E-state index in [4.69, 9.17) is 10.5 Å². The molecule has 3 N–H and O–H groups in total. The summed E-state index contributed by atoms with van der Waals surface area (Å²) in [6, 6.07) is 3.99. The van der Waals surface area contributed by atoms with Crippen molar-refractivity contribution in [2.45, 2.75) is 51.9 Å². The van der Waals surface area contributed by atoms with Gasteiger partial charge in [0.25, 0.3) is 0 Å². The monoisotopic (exact) mass is 435 g/mol. The zero-order valence-electron chi connectivity index (χ0n) is 16.7. The van der Waals surface area contributed by atoms with Crippen molar-refractivity contribution in [3.05, 3.63) is 23.8 Å². The summed E-state index contributed by atoms with van der Waals surface area (Å²) in [7, 11) is 1.36. The highest BCUT2D eigenvalue weighted by Crippen LogP contribution is 2.32. The summed E-state index contributed by atoms with van der Waals surface area (Å²) in [5, 5.41) is 2.58. The Kier molecular flexibility index (Phi) is 9.58. The number of hydrogen-bond acceptors (Lipinski definition) is 5. The summed E-state index contributed by atoms with van der Waals surface area (Å²) in [5.41, 5.74) is 6.49. The molecule has 1 atom stereocenters. The van der Waals surface area contributed by atoms with Crippen LogP contribution in [0.15, 0.2) is 18.2 Å². The van der Waals surface area contributed by atoms with Gasteiger partial charge in [-0.1, -0.05) is 19.9 Å². The summed E-state index contributed by atoms with van der Waals surface area (Å²) in [6.45, 7) is 0.847. The molecule has 1 saturated carbocycles. The first-order valence-corrected chi connectivity index (χ1v) is 9.17. The van der Waals surface area contributed by atoms with E-state index in [1.165, 1.54) is 13.2 Å². The summed E-state index contributed by atoms with van der Waals surface area (Å²) in [4.78, 5) is 26.2. The molecule has 1 aromatic carbocycles. The second-order valence-corrected chi connectivity index (χ2v) is 7.10. The van der Waals surface area contributed by atoms with E-state index in [1.807, 2.05) is 13.8 Å². The SMILES string of the molecule is COc1cc(CN(C(=O)CNC(=O)[C@@H](N)C(C)C)C2CC2)ccc1OC(F)F.Cl. The quantitative estimate of drug-likeness (QED) is 0.588. The summed E-state index contributed by atoms with van der Waals surface area (Å²) in [6.07, 6.45) is 1.77. The predicted molar refractivity (Wildman–Crippen MR) is 106 cm³/mol. The van der Waals surface area contributed by atoms with Crippen molar-refractivity contribution in [1.29, 1.82) is 0 Å². The molecule has 1 aliphatic carbocycles. The van der Waals surface area contributed by atoms with Gasteiger partial charge in [0.1, 0.15) is 0 Å². The molecule has 1 aromatic rings. The average Bonchev–Trinajstić information content (AvgIpc) is 3.48. The van der Waals surface area contributed by atoms with Crippen LogP contribution in [0, 0.1) is 5.92 Å². The third-order valence-electron chi connectivity index (χ3n) is 4.54. The van der Waals surface area contributed by atoms with Crippen LogP contribution in [-0.4, -0.2) is 49.1 Å². The molecule has 0 radical (unpaired) electrons. The third kappa shape index (κ3) is 7.32. The fourth-order valence-electron chi connectivity index (χ4n) is 2.69. The van der Waals surface area contributed by atoms with E-state index in [0.717, 1.165) is 12.8 Å². The minimum atomic E-state index is -2.95. The van der Waals surface area contributed by atoms with Crippen LogP contribution in [0.5, 0.6) is 11.5 Å². The number of ether oxygens (including phenoxy) is 2. The molecular weight excluding hydrogens is 408 g/mol. The predicted octanol–water partition coefficient (Wildman–Crippen LogP) is 2.31. The van der Waals surface area contributed by atoms with Crippen LogP contribution < -0.4 is 20.5 Å². The van der Waals surface area contributed by atoms with Gasteiger partial charge in [-0.15, -0.1) is 12.4 Å². The van der Waals surface area contributed by atoms with Gasteiger partial charge in [0.15, 0.2) is 11.5 Å². The normalized spacial score (nSPS) is 14.2. The Hall–Kier alpha value is -2.13. The van der Waals surface area contributed by atoms with E-state index in [-0.39, 0.29) is 60.8 Å². The Bertz CT molecular complexity index is 702. The van der Waals surface area contributed by atoms with Gasteiger partial charge < -0.3 is 25.4 Å². The number of benzene rings is 1. The van der Waals surface area contributed by atoms with E-state index in [1.54, 1.807) is 17.0 Å². The number of nitrogens with two attached hydrogens (primary N) is 1. The highest BCUT2D eigenvalue weighted by atomic mass is 35.5. The van der Waals surface area contributed by atoms with Crippen LogP contribution in [0.25, 0.3) is 0 Å². The number of nitrogens with zero attached hydrogens (tertiary/aromatic N) is 1. The first-order valence-electron chi connectivity index (χ1n) is 9.17. The zero-order valence-corrected chi connectivity index (χ0v) is 17.5. The van der Waals surface area contributed by atoms with Crippen molar-refractivity contribution >= 4 is 24.2 Å². The summed E-state index contributed by atoms with van der Waals surface area (Å²) < 4.78 is 34.4. The molecular formula is C19H28ClF2N3O4. The third-order valence-corrected chi connectivity index (χ3v) is 4.54. The largest absolute Gasteiger partial charge is 0.493 e. The van der Waals surface area contributed by atoms with Crippen LogP contribution in [0.1, 0.15) is 32.3 Å². The van der Waals surface area contributed by atoms with Gasteiger partial charge in [0, 0.05) is 12.6 Å². The van der Waals surface area contributed by atoms with Crippen molar-refractivity contribution in [3.63, 3.8) is 0 Å². The molecule has 10 heteroatoms. The second-order valence-electron chi connectivity index (χ2n) is 7.10. The number of methoxy groups -OCH3 is 1. The number of rotatable bonds is 10. The molecule has 29 heavy (non-hydrogen) atoms. The first-order chi connectivity index (χ1) is 13.2. The lowest BCUT2D eigenvalue weighted by atomic mass is 10.1. The Morgan fingerprint density at radius 2 is 1.93 bits per heavy atom. The first kappa shape index (κ1) is 24.9. The number of halogens is 3. The molecule has 0 aliphatic heterocycles. The smallest absolute Gasteiger partial charge is 0.387 e. The van der Waals surface area contributed by atoms with Crippen molar-refractivity contribution < 1.29 is 27.8 Å². The molecule has 164 valence electrons. The van der Waals surface area contributed by atoms with Gasteiger partial charge in [-0.05, 0) is 36.5 Å². The van der Waals surface area contributed by atoms with Crippen LogP contribution in [0.2, 0.25) is 0 Å². The van der Waals surface area contributed by atoms with Crippen LogP contribution >= 0.6 is 12.4 Å². The van der Waals surface area contributed by atoms with Crippen molar-refractivity contribution in [2.75, 3.05) is 13.7 Å². The Balaban J connectivity index is 0.00000420. The van der Waals surface area contributed by atoms with Crippen molar-refractivity contribution in [1.82, 2.24) is 10.2 Å². The number of carbonyl (C=O) groups excluding carboxylic acids is 2. The van der Waals surface area contributed by atoms with Gasteiger partial charge >= 0.3 is 6.61 Å². The lowest BCUT2D eigenvalue weighted by Crippen LogP contribution is -2.48. The maximum Gasteiger partial charge on any atom is 0.387 e. The van der Waals surface area contributed by atoms with E-state index >= 15 is 0 Å². The van der Waals surface area contributed by atoms with E-state index < -0.39 is 12.7 Å². The molecule has 0 unspecified atom stereocenters. The molecule has 7 nitrogen and oxygen atoms in total. The van der Waals surface area contributed by atoms with E-state index in [0.29, 0.717) is 5.56 Å². The molecule has 0 spiro atoms. The molecule has 0 bridgehead atoms. The van der Waals surface area contributed by atoms with Gasteiger partial charge in [-0.25, -0.2) is 0 Å². The van der Waals surface area contributed by atoms with Gasteiger partial charge in [-0.2, -0.15) is 8.78 Å². The second kappa shape index (κ2) is 11.2. The van der Waals surface area contributed by atoms with E-state index in [9.17, 15) is 18.4 Å². The van der Waals surface area contributed by atoms with E-state index in [2.05, 4.69) is 10.1 Å². The van der Waals surface area contributed by atoms with Gasteiger partial charge in [-0.3, -0.25) is 9.59 Å². The molecule has 0 aromatic heterocycles. The Morgan fingerprint density at radius 3 is 2.45 bits per heavy atom. The topological polar surface area (TPSA) is 93.9 Å². The minimum absolute atomic E-state index is 0. The number of carbonyl (C=O) groups is 2. The fraction of sp³-hybridized carbons (Fsp3) is 0.579. The summed E-state index contributed by atoms with van der Waals surface area (Å²) in [5.74, 6) is -0.526. The standard InChI is InChI=1S/C19H27F2N3O4.ClH/c1-11(2)17(22)18(26)23-9-16(25)24(13-5-6-13)10-12-4-7-14(28-19(20)21)15(8-12)27-3;/h4,7-8,11,13,17,19H,5-6,9-10,22H2,1-3H3,(H,23,26);1H/t17-;/m0./s1. The fourth-order valence-corrected chi connectivity index (χ4v) is 2.69. The molecule has 2 rings (SSSR count). The number of amides is 2. The highest BCUT2D eigenvalue weighted by molar-refractivity contribution is 5.87. The molecule has 2 amide bonds. The average molecular weight is 436 g/mol. The Morgan fingerprint density at radius 1 is 1.28 bits per heavy atom. The maximum atomic E-state index is 12.6. The molecule has 1 fully saturated rings. The number of hydrogen-bond donors (Lipinski definition) is 2. The van der Waals surface area contributed by atoms with Crippen LogP contribution in [0.4, 0.5) is 8.78 Å². The molecule has 0 heterocycles. The van der Waals surface area contributed by atoms with Crippen LogP contribution in [0.3, 0.4) is 0 Å². The maximum absolute atomic E-state index is 12.6. The van der Waals surface area contributed by atoms with Gasteiger partial charge in [0.05, 0.1) is 19.7 Å². The van der Waals surface area contributed by atoms with Crippen LogP contribution in [-0.2, 0) is 16.1 Å². The summed E-state index contributed by atoms with van der Waals surface area (Å²) >= 11 is 0. The van der Waals surface area contributed by atoms with Crippen molar-refractivity contribution in [2.24, 2.45) is 11.7 Å². The lowest BCUT2D eigenvalue weighted by molar-refractivity contribution is -0.134. The van der Waals surface area contributed by atoms with Gasteiger partial charge in [0.2, 0.25) is 11.8 Å². The molecule has 0 saturated heterocycles. The highest BCUT2D eigenvalue weighted by Gasteiger charge is 2.33. The zero-order chi connectivity index (χ0) is 20.8. The lowest BCUT2D eigenvalue weighted by Gasteiger charge is -2.24.